The molecule has 1 saturated carbocycles. The second-order valence-corrected chi connectivity index (χ2v) is 10.2. The number of carbonyl (C=O) groups excluding carboxylic acids is 1. The van der Waals surface area contributed by atoms with Gasteiger partial charge in [0, 0.05) is 34.2 Å². The number of ether oxygens (including phenoxy) is 2. The van der Waals surface area contributed by atoms with E-state index < -0.39 is 11.7 Å². The van der Waals surface area contributed by atoms with Gasteiger partial charge in [-0.15, -0.1) is 8.78 Å². The highest BCUT2D eigenvalue weighted by molar-refractivity contribution is 6.02. The van der Waals surface area contributed by atoms with E-state index in [0.29, 0.717) is 30.6 Å². The van der Waals surface area contributed by atoms with E-state index in [0.717, 1.165) is 29.4 Å². The Hall–Kier alpha value is -3.13. The maximum absolute atomic E-state index is 13.4. The van der Waals surface area contributed by atoms with E-state index >= 15 is 0 Å². The van der Waals surface area contributed by atoms with Gasteiger partial charge in [0.05, 0.1) is 12.0 Å². The molecule has 2 aromatic carbocycles. The van der Waals surface area contributed by atoms with Crippen molar-refractivity contribution in [1.29, 1.82) is 0 Å². The highest BCUT2D eigenvalue weighted by atomic mass is 19.3. The van der Waals surface area contributed by atoms with Crippen LogP contribution in [0.4, 0.5) is 14.5 Å². The van der Waals surface area contributed by atoms with Gasteiger partial charge in [-0.25, -0.2) is 0 Å². The summed E-state index contributed by atoms with van der Waals surface area (Å²) in [6.07, 6.45) is -0.373. The fraction of sp³-hybridized carbons (Fsp3) is 0.444. The number of rotatable bonds is 8. The molecule has 6 nitrogen and oxygen atoms in total. The Balaban J connectivity index is 1.41. The van der Waals surface area contributed by atoms with Crippen molar-refractivity contribution in [2.45, 2.75) is 70.1 Å². The first-order chi connectivity index (χ1) is 16.6. The zero-order chi connectivity index (χ0) is 25.0. The predicted molar refractivity (Wildman–Crippen MR) is 129 cm³/mol. The fourth-order valence-corrected chi connectivity index (χ4v) is 5.27. The number of amides is 1. The van der Waals surface area contributed by atoms with Crippen LogP contribution in [0.3, 0.4) is 0 Å². The van der Waals surface area contributed by atoms with Gasteiger partial charge in [-0.1, -0.05) is 33.3 Å². The molecule has 0 saturated heterocycles. The van der Waals surface area contributed by atoms with Gasteiger partial charge in [-0.05, 0) is 61.2 Å². The Bertz CT molecular complexity index is 1290. The van der Waals surface area contributed by atoms with Crippen LogP contribution in [0.15, 0.2) is 42.5 Å². The number of fused-ring (bicyclic) bond motifs is 2. The minimum atomic E-state index is -3.69. The quantitative estimate of drug-likeness (QED) is 0.430. The molecule has 0 atom stereocenters. The van der Waals surface area contributed by atoms with Crippen LogP contribution in [-0.2, 0) is 22.2 Å². The number of aliphatic hydroxyl groups excluding tert-OH is 1. The maximum atomic E-state index is 13.4. The number of nitrogens with one attached hydrogen (secondary N) is 1. The first kappa shape index (κ1) is 23.6. The number of aromatic nitrogens is 1. The molecule has 1 fully saturated rings. The zero-order valence-corrected chi connectivity index (χ0v) is 20.2. The summed E-state index contributed by atoms with van der Waals surface area (Å²) in [5.74, 6) is -0.265. The molecule has 2 aliphatic rings. The summed E-state index contributed by atoms with van der Waals surface area (Å²) in [5, 5.41) is 13.7. The van der Waals surface area contributed by atoms with Crippen molar-refractivity contribution in [3.05, 3.63) is 53.7 Å². The van der Waals surface area contributed by atoms with Crippen molar-refractivity contribution in [3.8, 4) is 11.5 Å². The molecule has 2 N–H and O–H groups in total. The van der Waals surface area contributed by atoms with E-state index in [4.69, 9.17) is 0 Å². The van der Waals surface area contributed by atoms with Gasteiger partial charge in [-0.2, -0.15) is 0 Å². The summed E-state index contributed by atoms with van der Waals surface area (Å²) in [6.45, 7) is 7.12. The molecule has 1 aliphatic carbocycles. The summed E-state index contributed by atoms with van der Waals surface area (Å²) in [6, 6.07) is 12.5. The zero-order valence-electron chi connectivity index (χ0n) is 20.2. The second kappa shape index (κ2) is 8.22. The summed E-state index contributed by atoms with van der Waals surface area (Å²) in [7, 11) is 0. The van der Waals surface area contributed by atoms with Crippen LogP contribution in [0.25, 0.3) is 10.9 Å². The molecule has 186 valence electrons. The van der Waals surface area contributed by atoms with Crippen molar-refractivity contribution in [1.82, 2.24) is 4.57 Å². The van der Waals surface area contributed by atoms with Gasteiger partial charge in [0.25, 0.3) is 0 Å². The molecule has 0 bridgehead atoms. The van der Waals surface area contributed by atoms with Gasteiger partial charge in [0.2, 0.25) is 5.91 Å². The van der Waals surface area contributed by atoms with Crippen LogP contribution < -0.4 is 14.8 Å². The number of aliphatic hydroxyl groups is 1. The lowest BCUT2D eigenvalue weighted by Gasteiger charge is -2.26. The van der Waals surface area contributed by atoms with Crippen molar-refractivity contribution >= 4 is 22.5 Å². The Labute approximate surface area is 202 Å². The monoisotopic (exact) mass is 484 g/mol. The van der Waals surface area contributed by atoms with Gasteiger partial charge in [0.15, 0.2) is 11.5 Å². The van der Waals surface area contributed by atoms with Gasteiger partial charge in [-0.3, -0.25) is 4.79 Å². The minimum Gasteiger partial charge on any atom is -0.395 e. The third kappa shape index (κ3) is 4.14. The highest BCUT2D eigenvalue weighted by Crippen LogP contribution is 2.52. The van der Waals surface area contributed by atoms with Crippen molar-refractivity contribution in [2.24, 2.45) is 0 Å². The fourth-order valence-electron chi connectivity index (χ4n) is 5.27. The predicted octanol–water partition coefficient (Wildman–Crippen LogP) is 5.70. The molecule has 3 aromatic rings. The lowest BCUT2D eigenvalue weighted by atomic mass is 9.84. The highest BCUT2D eigenvalue weighted by Gasteiger charge is 2.52. The lowest BCUT2D eigenvalue weighted by molar-refractivity contribution is -0.286. The third-order valence-corrected chi connectivity index (χ3v) is 7.19. The van der Waals surface area contributed by atoms with Crippen LogP contribution in [0, 0.1) is 0 Å². The number of hydrogen-bond acceptors (Lipinski definition) is 4. The molecule has 0 spiro atoms. The molecule has 1 aromatic heterocycles. The first-order valence-corrected chi connectivity index (χ1v) is 12.0. The van der Waals surface area contributed by atoms with Crippen molar-refractivity contribution < 1.29 is 28.2 Å². The molecule has 1 aliphatic heterocycles. The summed E-state index contributed by atoms with van der Waals surface area (Å²) in [5.41, 5.74) is 2.63. The SMILES string of the molecule is CCCC(C)(C)c1cc2cc(NC(=O)C3(c4ccc5c(c4)OC(F)(F)O5)CC3)ccc2n1CCO. The number of carbonyl (C=O) groups is 1. The molecule has 8 heteroatoms. The summed E-state index contributed by atoms with van der Waals surface area (Å²) >= 11 is 0. The average Bonchev–Trinajstić information content (AvgIpc) is 3.43. The number of halogens is 2. The molecule has 1 amide bonds. The summed E-state index contributed by atoms with van der Waals surface area (Å²) in [4.78, 5) is 13.3. The lowest BCUT2D eigenvalue weighted by Crippen LogP contribution is -2.27. The largest absolute Gasteiger partial charge is 0.586 e. The van der Waals surface area contributed by atoms with Crippen molar-refractivity contribution in [2.75, 3.05) is 11.9 Å². The van der Waals surface area contributed by atoms with Crippen LogP contribution in [0.5, 0.6) is 11.5 Å². The van der Waals surface area contributed by atoms with Gasteiger partial charge >= 0.3 is 6.29 Å². The number of anilines is 1. The first-order valence-electron chi connectivity index (χ1n) is 12.0. The van der Waals surface area contributed by atoms with E-state index in [1.165, 1.54) is 12.1 Å². The van der Waals surface area contributed by atoms with Crippen LogP contribution in [0.1, 0.15) is 57.7 Å². The number of nitrogens with zero attached hydrogens (tertiary/aromatic N) is 1. The Morgan fingerprint density at radius 3 is 2.54 bits per heavy atom. The second-order valence-electron chi connectivity index (χ2n) is 10.2. The molecule has 0 unspecified atom stereocenters. The molecular formula is C27H30F2N2O4. The number of hydrogen-bond donors (Lipinski definition) is 2. The molecule has 5 rings (SSSR count). The number of alkyl halides is 2. The topological polar surface area (TPSA) is 72.7 Å². The Kier molecular flexibility index (Phi) is 5.55. The van der Waals surface area contributed by atoms with Crippen LogP contribution >= 0.6 is 0 Å². The smallest absolute Gasteiger partial charge is 0.395 e. The van der Waals surface area contributed by atoms with E-state index in [-0.39, 0.29) is 29.4 Å². The summed E-state index contributed by atoms with van der Waals surface area (Å²) < 4.78 is 38.0. The maximum Gasteiger partial charge on any atom is 0.586 e. The minimum absolute atomic E-state index is 0.0328. The van der Waals surface area contributed by atoms with Crippen LogP contribution in [-0.4, -0.2) is 28.5 Å². The van der Waals surface area contributed by atoms with Crippen molar-refractivity contribution in [3.63, 3.8) is 0 Å². The van der Waals surface area contributed by atoms with Gasteiger partial charge in [0.1, 0.15) is 0 Å². The molecule has 2 heterocycles. The van der Waals surface area contributed by atoms with Gasteiger partial charge < -0.3 is 24.5 Å². The Morgan fingerprint density at radius 1 is 1.11 bits per heavy atom. The standard InChI is InChI=1S/C27H30F2N2O4/c1-4-9-25(2,3)23-15-17-14-19(6-7-20(17)31(23)12-13-32)30-24(33)26(10-11-26)18-5-8-21-22(16-18)35-27(28,29)34-21/h5-8,14-16,32H,4,9-13H2,1-3H3,(H,30,33). The number of benzene rings is 2. The Morgan fingerprint density at radius 2 is 1.86 bits per heavy atom. The van der Waals surface area contributed by atoms with E-state index in [9.17, 15) is 18.7 Å². The molecule has 35 heavy (non-hydrogen) atoms. The van der Waals surface area contributed by atoms with E-state index in [1.54, 1.807) is 6.07 Å². The molecule has 0 radical (unpaired) electrons. The normalized spacial score (nSPS) is 17.5. The van der Waals surface area contributed by atoms with Crippen LogP contribution in [0.2, 0.25) is 0 Å². The third-order valence-electron chi connectivity index (χ3n) is 7.19. The van der Waals surface area contributed by atoms with E-state index in [1.807, 2.05) is 18.2 Å². The molecular weight excluding hydrogens is 454 g/mol. The average molecular weight is 485 g/mol. The van der Waals surface area contributed by atoms with E-state index in [2.05, 4.69) is 46.2 Å².